The fraction of sp³-hybridized carbons (Fsp3) is 1.00. The van der Waals surface area contributed by atoms with Crippen LogP contribution in [0.3, 0.4) is 0 Å². The van der Waals surface area contributed by atoms with E-state index in [1.165, 1.54) is 19.3 Å². The Labute approximate surface area is 69.1 Å². The summed E-state index contributed by atoms with van der Waals surface area (Å²) in [6.07, 6.45) is 3.95. The zero-order valence-corrected chi connectivity index (χ0v) is 7.81. The SMILES string of the molecule is CC(C)(C)C1COC2(CC2)C1. The Morgan fingerprint density at radius 1 is 1.27 bits per heavy atom. The van der Waals surface area contributed by atoms with Crippen molar-refractivity contribution in [1.29, 1.82) is 0 Å². The highest BCUT2D eigenvalue weighted by Crippen LogP contribution is 2.52. The van der Waals surface area contributed by atoms with Crippen molar-refractivity contribution in [2.24, 2.45) is 11.3 Å². The van der Waals surface area contributed by atoms with E-state index in [2.05, 4.69) is 20.8 Å². The summed E-state index contributed by atoms with van der Waals surface area (Å²) in [5.74, 6) is 0.796. The Balaban J connectivity index is 1.99. The summed E-state index contributed by atoms with van der Waals surface area (Å²) in [4.78, 5) is 0. The van der Waals surface area contributed by atoms with Gasteiger partial charge in [-0.05, 0) is 30.6 Å². The lowest BCUT2D eigenvalue weighted by atomic mass is 9.79. The predicted molar refractivity (Wildman–Crippen MR) is 45.5 cm³/mol. The highest BCUT2D eigenvalue weighted by Gasteiger charge is 2.52. The molecule has 1 saturated carbocycles. The molecule has 1 nitrogen and oxygen atoms in total. The van der Waals surface area contributed by atoms with Crippen LogP contribution in [-0.4, -0.2) is 12.2 Å². The van der Waals surface area contributed by atoms with Crippen LogP contribution in [0.4, 0.5) is 0 Å². The fourth-order valence-corrected chi connectivity index (χ4v) is 1.89. The summed E-state index contributed by atoms with van der Waals surface area (Å²) < 4.78 is 5.79. The largest absolute Gasteiger partial charge is 0.375 e. The van der Waals surface area contributed by atoms with Crippen LogP contribution in [0.15, 0.2) is 0 Å². The van der Waals surface area contributed by atoms with Gasteiger partial charge in [-0.1, -0.05) is 20.8 Å². The van der Waals surface area contributed by atoms with Crippen LogP contribution in [0.25, 0.3) is 0 Å². The molecule has 0 aromatic carbocycles. The lowest BCUT2D eigenvalue weighted by Crippen LogP contribution is -2.20. The molecule has 0 radical (unpaired) electrons. The molecule has 1 atom stereocenters. The first-order valence-corrected chi connectivity index (χ1v) is 4.66. The van der Waals surface area contributed by atoms with Crippen LogP contribution >= 0.6 is 0 Å². The number of hydrogen-bond donors (Lipinski definition) is 0. The monoisotopic (exact) mass is 154 g/mol. The Morgan fingerprint density at radius 3 is 2.18 bits per heavy atom. The quantitative estimate of drug-likeness (QED) is 0.521. The first-order chi connectivity index (χ1) is 5.02. The van der Waals surface area contributed by atoms with Crippen molar-refractivity contribution in [3.8, 4) is 0 Å². The standard InChI is InChI=1S/C10H18O/c1-9(2,3)8-6-10(4-5-10)11-7-8/h8H,4-7H2,1-3H3. The van der Waals surface area contributed by atoms with Gasteiger partial charge < -0.3 is 4.74 Å². The number of hydrogen-bond acceptors (Lipinski definition) is 1. The lowest BCUT2D eigenvalue weighted by Gasteiger charge is -2.25. The molecule has 1 heterocycles. The molecular weight excluding hydrogens is 136 g/mol. The molecule has 64 valence electrons. The van der Waals surface area contributed by atoms with E-state index in [0.717, 1.165) is 12.5 Å². The maximum Gasteiger partial charge on any atom is 0.0688 e. The number of rotatable bonds is 0. The van der Waals surface area contributed by atoms with E-state index in [9.17, 15) is 0 Å². The summed E-state index contributed by atoms with van der Waals surface area (Å²) >= 11 is 0. The third-order valence-corrected chi connectivity index (χ3v) is 3.24. The van der Waals surface area contributed by atoms with Gasteiger partial charge in [0.2, 0.25) is 0 Å². The minimum Gasteiger partial charge on any atom is -0.375 e. The van der Waals surface area contributed by atoms with Gasteiger partial charge >= 0.3 is 0 Å². The van der Waals surface area contributed by atoms with Gasteiger partial charge in [-0.25, -0.2) is 0 Å². The van der Waals surface area contributed by atoms with Crippen LogP contribution in [0.2, 0.25) is 0 Å². The maximum atomic E-state index is 5.79. The third kappa shape index (κ3) is 1.31. The lowest BCUT2D eigenvalue weighted by molar-refractivity contribution is 0.0803. The average Bonchev–Trinajstić information content (AvgIpc) is 2.38. The Hall–Kier alpha value is -0.0400. The number of ether oxygens (including phenoxy) is 1. The second-order valence-electron chi connectivity index (χ2n) is 5.26. The van der Waals surface area contributed by atoms with Crippen molar-refractivity contribution in [1.82, 2.24) is 0 Å². The van der Waals surface area contributed by atoms with Gasteiger partial charge in [-0.15, -0.1) is 0 Å². The van der Waals surface area contributed by atoms with Crippen LogP contribution in [0, 0.1) is 11.3 Å². The van der Waals surface area contributed by atoms with Gasteiger partial charge in [-0.3, -0.25) is 0 Å². The van der Waals surface area contributed by atoms with Crippen LogP contribution in [0.1, 0.15) is 40.0 Å². The molecule has 2 fully saturated rings. The normalized spacial score (nSPS) is 34.6. The topological polar surface area (TPSA) is 9.23 Å². The minimum absolute atomic E-state index is 0.373. The molecule has 0 N–H and O–H groups in total. The van der Waals surface area contributed by atoms with Gasteiger partial charge in [0, 0.05) is 0 Å². The molecule has 11 heavy (non-hydrogen) atoms. The summed E-state index contributed by atoms with van der Waals surface area (Å²) in [6, 6.07) is 0. The molecule has 1 spiro atoms. The molecule has 0 aromatic rings. The molecule has 2 aliphatic rings. The van der Waals surface area contributed by atoms with Gasteiger partial charge in [0.25, 0.3) is 0 Å². The second-order valence-corrected chi connectivity index (χ2v) is 5.26. The molecule has 1 heteroatoms. The Kier molecular flexibility index (Phi) is 1.39. The minimum atomic E-state index is 0.373. The molecule has 1 aliphatic heterocycles. The van der Waals surface area contributed by atoms with Crippen LogP contribution < -0.4 is 0 Å². The van der Waals surface area contributed by atoms with Crippen molar-refractivity contribution in [3.05, 3.63) is 0 Å². The highest BCUT2D eigenvalue weighted by molar-refractivity contribution is 5.02. The molecule has 2 rings (SSSR count). The Bertz CT molecular complexity index is 162. The maximum absolute atomic E-state index is 5.79. The zero-order chi connectivity index (χ0) is 8.11. The van der Waals surface area contributed by atoms with Crippen LogP contribution in [-0.2, 0) is 4.74 Å². The molecule has 0 aromatic heterocycles. The van der Waals surface area contributed by atoms with E-state index >= 15 is 0 Å². The first-order valence-electron chi connectivity index (χ1n) is 4.66. The Morgan fingerprint density at radius 2 is 1.91 bits per heavy atom. The predicted octanol–water partition coefficient (Wildman–Crippen LogP) is 2.60. The van der Waals surface area contributed by atoms with E-state index in [4.69, 9.17) is 4.74 Å². The van der Waals surface area contributed by atoms with Gasteiger partial charge in [0.15, 0.2) is 0 Å². The average molecular weight is 154 g/mol. The van der Waals surface area contributed by atoms with E-state index in [1.54, 1.807) is 0 Å². The van der Waals surface area contributed by atoms with Gasteiger partial charge in [-0.2, -0.15) is 0 Å². The summed E-state index contributed by atoms with van der Waals surface area (Å²) in [7, 11) is 0. The third-order valence-electron chi connectivity index (χ3n) is 3.24. The fourth-order valence-electron chi connectivity index (χ4n) is 1.89. The molecule has 0 bridgehead atoms. The zero-order valence-electron chi connectivity index (χ0n) is 7.81. The van der Waals surface area contributed by atoms with E-state index in [1.807, 2.05) is 0 Å². The van der Waals surface area contributed by atoms with E-state index in [0.29, 0.717) is 11.0 Å². The molecule has 1 saturated heterocycles. The van der Waals surface area contributed by atoms with Gasteiger partial charge in [0.05, 0.1) is 12.2 Å². The summed E-state index contributed by atoms with van der Waals surface area (Å²) in [6.45, 7) is 7.97. The summed E-state index contributed by atoms with van der Waals surface area (Å²) in [5, 5.41) is 0. The van der Waals surface area contributed by atoms with Gasteiger partial charge in [0.1, 0.15) is 0 Å². The van der Waals surface area contributed by atoms with Crippen molar-refractivity contribution in [3.63, 3.8) is 0 Å². The molecule has 1 unspecified atom stereocenters. The van der Waals surface area contributed by atoms with E-state index < -0.39 is 0 Å². The first kappa shape index (κ1) is 7.60. The second kappa shape index (κ2) is 2.01. The smallest absolute Gasteiger partial charge is 0.0688 e. The molecular formula is C10H18O. The highest BCUT2D eigenvalue weighted by atomic mass is 16.5. The molecule has 0 amide bonds. The van der Waals surface area contributed by atoms with E-state index in [-0.39, 0.29) is 0 Å². The van der Waals surface area contributed by atoms with Crippen molar-refractivity contribution in [2.75, 3.05) is 6.61 Å². The van der Waals surface area contributed by atoms with Crippen molar-refractivity contribution >= 4 is 0 Å². The van der Waals surface area contributed by atoms with Crippen molar-refractivity contribution in [2.45, 2.75) is 45.6 Å². The van der Waals surface area contributed by atoms with Crippen molar-refractivity contribution < 1.29 is 4.74 Å². The summed E-state index contributed by atoms with van der Waals surface area (Å²) in [5.41, 5.74) is 0.823. The molecule has 1 aliphatic carbocycles. The van der Waals surface area contributed by atoms with Crippen LogP contribution in [0.5, 0.6) is 0 Å².